The highest BCUT2D eigenvalue weighted by Crippen LogP contribution is 2.43. The monoisotopic (exact) mass is 1240 g/mol. The van der Waals surface area contributed by atoms with Gasteiger partial charge in [0.05, 0.1) is 33.8 Å². The van der Waals surface area contributed by atoms with Crippen molar-refractivity contribution in [3.8, 4) is 11.5 Å². The van der Waals surface area contributed by atoms with Crippen molar-refractivity contribution < 1.29 is 52.5 Å². The standard InChI is InChI=1S/C66H64N10O11.4CH4/c1-68-59(77)23-24-61(79)87-43(37-86-66(38-7-5-4-6-8-38,39-9-13-41(84-2)14-10-39)40-11-15-42(85-3)16-12-40)36-70-60(78)25-29-69-62(80)53-33-47-44-26-30-74(56(44)20-17-50(47)71-53)63(81)54-34-48-45-27-31-75(57(45)21-18-51(48)72-54)64(82)55-35-49-46-28-32-76(65(67)83)58(46)22-19-52(49)73-55;;;;/h4-22,33-35,43,71-73H,23-32,36-37H2,1-3H3,(H2,67,83)(H,68,77)(H,69,80)(H,70,78);4*1H4. The van der Waals surface area contributed by atoms with Crippen molar-refractivity contribution in [2.75, 3.05) is 75.3 Å². The Bertz CT molecular complexity index is 4130. The molecule has 0 radical (unpaired) electrons. The predicted octanol–water partition coefficient (Wildman–Crippen LogP) is 10.2. The van der Waals surface area contributed by atoms with Crippen molar-refractivity contribution in [2.24, 2.45) is 5.73 Å². The third kappa shape index (κ3) is 12.8. The molecule has 21 heteroatoms. The number of urea groups is 1. The van der Waals surface area contributed by atoms with E-state index in [-0.39, 0.29) is 92.1 Å². The van der Waals surface area contributed by atoms with Gasteiger partial charge in [0.1, 0.15) is 40.3 Å². The van der Waals surface area contributed by atoms with E-state index in [0.29, 0.717) is 67.3 Å². The summed E-state index contributed by atoms with van der Waals surface area (Å²) in [7, 11) is 4.65. The molecule has 6 aromatic carbocycles. The fourth-order valence-electron chi connectivity index (χ4n) is 12.3. The summed E-state index contributed by atoms with van der Waals surface area (Å²) in [6, 6.07) is 40.7. The zero-order chi connectivity index (χ0) is 60.5. The molecule has 91 heavy (non-hydrogen) atoms. The minimum atomic E-state index is -1.26. The molecular weight excluding hydrogens is 1160 g/mol. The van der Waals surface area contributed by atoms with Crippen molar-refractivity contribution in [1.82, 2.24) is 30.9 Å². The maximum atomic E-state index is 14.4. The Balaban J connectivity index is 0.00000267. The smallest absolute Gasteiger partial charge is 0.319 e. The average molecular weight is 1240 g/mol. The van der Waals surface area contributed by atoms with Gasteiger partial charge in [-0.05, 0) is 132 Å². The van der Waals surface area contributed by atoms with Crippen molar-refractivity contribution in [2.45, 2.75) is 79.9 Å². The van der Waals surface area contributed by atoms with Crippen LogP contribution in [0.4, 0.5) is 21.9 Å². The number of fused-ring (bicyclic) bond motifs is 9. The van der Waals surface area contributed by atoms with E-state index < -0.39 is 35.5 Å². The van der Waals surface area contributed by atoms with Gasteiger partial charge < -0.3 is 65.4 Å². The zero-order valence-electron chi connectivity index (χ0n) is 48.2. The summed E-state index contributed by atoms with van der Waals surface area (Å²) >= 11 is 0. The summed E-state index contributed by atoms with van der Waals surface area (Å²) < 4.78 is 23.9. The lowest BCUT2D eigenvalue weighted by Gasteiger charge is -2.37. The topological polar surface area (TPSA) is 276 Å². The molecule has 21 nitrogen and oxygen atoms in total. The minimum absolute atomic E-state index is 0. The summed E-state index contributed by atoms with van der Waals surface area (Å²) in [5.41, 5.74) is 15.2. The highest BCUT2D eigenvalue weighted by molar-refractivity contribution is 6.14. The number of hydrogen-bond acceptors (Lipinski definition) is 11. The number of nitrogens with zero attached hydrogens (tertiary/aromatic N) is 3. The summed E-state index contributed by atoms with van der Waals surface area (Å²) in [6.45, 7) is 1.00. The predicted molar refractivity (Wildman–Crippen MR) is 355 cm³/mol. The summed E-state index contributed by atoms with van der Waals surface area (Å²) in [4.78, 5) is 108. The number of rotatable bonds is 20. The Morgan fingerprint density at radius 1 is 0.538 bits per heavy atom. The van der Waals surface area contributed by atoms with Crippen LogP contribution in [-0.2, 0) is 48.7 Å². The quantitative estimate of drug-likeness (QED) is 0.0278. The second kappa shape index (κ2) is 28.0. The Morgan fingerprint density at radius 2 is 0.989 bits per heavy atom. The molecule has 7 amide bonds. The Morgan fingerprint density at radius 3 is 1.46 bits per heavy atom. The third-order valence-electron chi connectivity index (χ3n) is 16.7. The van der Waals surface area contributed by atoms with Gasteiger partial charge in [-0.2, -0.15) is 0 Å². The number of amides is 7. The SMILES string of the molecule is C.C.C.C.CNC(=O)CCC(=O)OC(CNC(=O)CCNC(=O)c1cc2c3c(ccc2[nH]1)N(C(=O)c1cc2c4c(ccc2[nH]1)N(C(=O)c1cc2c5c(ccc2[nH]1)N(C(N)=O)CC5)CC4)CC3)COC(c1ccccc1)(c1ccc(OC)cc1)c1ccc(OC)cc1. The van der Waals surface area contributed by atoms with Gasteiger partial charge in [0, 0.05) is 95.8 Å². The first-order valence-corrected chi connectivity index (χ1v) is 28.8. The Kier molecular flexibility index (Phi) is 20.4. The highest BCUT2D eigenvalue weighted by atomic mass is 16.6. The molecule has 8 N–H and O–H groups in total. The van der Waals surface area contributed by atoms with E-state index in [2.05, 4.69) is 30.9 Å². The second-order valence-corrected chi connectivity index (χ2v) is 21.7. The number of carbonyl (C=O) groups is 7. The van der Waals surface area contributed by atoms with Crippen LogP contribution < -0.4 is 45.9 Å². The molecule has 9 aromatic rings. The lowest BCUT2D eigenvalue weighted by atomic mass is 9.80. The molecule has 0 spiro atoms. The molecule has 3 aliphatic heterocycles. The molecule has 1 unspecified atom stereocenters. The molecular formula is C70H80N10O11. The van der Waals surface area contributed by atoms with E-state index in [4.69, 9.17) is 24.7 Å². The molecule has 0 fully saturated rings. The summed E-state index contributed by atoms with van der Waals surface area (Å²) in [5, 5.41) is 10.7. The molecule has 3 aromatic heterocycles. The van der Waals surface area contributed by atoms with Crippen LogP contribution in [0.2, 0.25) is 0 Å². The van der Waals surface area contributed by atoms with Crippen molar-refractivity contribution in [1.29, 1.82) is 0 Å². The maximum absolute atomic E-state index is 14.4. The number of methoxy groups -OCH3 is 2. The van der Waals surface area contributed by atoms with Gasteiger partial charge in [-0.25, -0.2) is 4.79 Å². The fourth-order valence-corrected chi connectivity index (χ4v) is 12.3. The molecule has 6 heterocycles. The Hall–Kier alpha value is -10.4. The molecule has 0 saturated heterocycles. The number of H-pyrrole nitrogens is 3. The first-order chi connectivity index (χ1) is 42.2. The van der Waals surface area contributed by atoms with Crippen LogP contribution in [0.5, 0.6) is 11.5 Å². The molecule has 476 valence electrons. The van der Waals surface area contributed by atoms with E-state index in [1.807, 2.05) is 127 Å². The lowest BCUT2D eigenvalue weighted by Crippen LogP contribution is -2.42. The van der Waals surface area contributed by atoms with Crippen molar-refractivity contribution in [3.63, 3.8) is 0 Å². The first-order valence-electron chi connectivity index (χ1n) is 28.8. The number of nitrogens with two attached hydrogens (primary N) is 1. The first kappa shape index (κ1) is 66.5. The van der Waals surface area contributed by atoms with Gasteiger partial charge in [-0.1, -0.05) is 84.3 Å². The zero-order valence-corrected chi connectivity index (χ0v) is 48.2. The number of benzene rings is 6. The van der Waals surface area contributed by atoms with Gasteiger partial charge in [-0.3, -0.25) is 33.7 Å². The van der Waals surface area contributed by atoms with Crippen LogP contribution >= 0.6 is 0 Å². The average Bonchev–Trinajstić information content (AvgIpc) is 1.02. The Labute approximate surface area is 528 Å². The van der Waals surface area contributed by atoms with Crippen LogP contribution in [0.3, 0.4) is 0 Å². The van der Waals surface area contributed by atoms with Crippen LogP contribution in [0.1, 0.15) is 114 Å². The van der Waals surface area contributed by atoms with Gasteiger partial charge in [0.25, 0.3) is 17.7 Å². The van der Waals surface area contributed by atoms with Gasteiger partial charge in [0.2, 0.25) is 11.8 Å². The second-order valence-electron chi connectivity index (χ2n) is 21.7. The van der Waals surface area contributed by atoms with Gasteiger partial charge >= 0.3 is 12.0 Å². The van der Waals surface area contributed by atoms with Crippen molar-refractivity contribution in [3.05, 3.63) is 184 Å². The fraction of sp³-hybridized carbons (Fsp3) is 0.300. The molecule has 12 rings (SSSR count). The number of nitrogens with one attached hydrogen (secondary N) is 6. The van der Waals surface area contributed by atoms with Crippen LogP contribution in [0, 0.1) is 0 Å². The number of aromatic amines is 3. The number of primary amides is 1. The normalized spacial score (nSPS) is 13.2. The molecule has 0 aliphatic carbocycles. The van der Waals surface area contributed by atoms with E-state index in [1.54, 1.807) is 35.0 Å². The van der Waals surface area contributed by atoms with Crippen LogP contribution in [-0.4, -0.2) is 123 Å². The van der Waals surface area contributed by atoms with E-state index in [1.165, 1.54) is 7.05 Å². The van der Waals surface area contributed by atoms with Crippen molar-refractivity contribution >= 4 is 91.3 Å². The largest absolute Gasteiger partial charge is 0.497 e. The van der Waals surface area contributed by atoms with E-state index in [0.717, 1.165) is 77.6 Å². The number of carbonyl (C=O) groups excluding carboxylic acids is 7. The number of esters is 1. The van der Waals surface area contributed by atoms with E-state index in [9.17, 15) is 33.6 Å². The summed E-state index contributed by atoms with van der Waals surface area (Å²) in [5.74, 6) is -0.969. The van der Waals surface area contributed by atoms with E-state index >= 15 is 0 Å². The molecule has 0 saturated carbocycles. The number of aromatic nitrogens is 3. The van der Waals surface area contributed by atoms with Crippen LogP contribution in [0.15, 0.2) is 133 Å². The number of hydrogen-bond donors (Lipinski definition) is 7. The number of anilines is 3. The summed E-state index contributed by atoms with van der Waals surface area (Å²) in [6.07, 6.45) is 0.360. The third-order valence-corrected chi connectivity index (χ3v) is 16.7. The van der Waals surface area contributed by atoms with Gasteiger partial charge in [-0.15, -0.1) is 0 Å². The lowest BCUT2D eigenvalue weighted by molar-refractivity contribution is -0.155. The molecule has 1 atom stereocenters. The molecule has 0 bridgehead atoms. The van der Waals surface area contributed by atoms with Crippen LogP contribution in [0.25, 0.3) is 32.7 Å². The molecule has 3 aliphatic rings. The minimum Gasteiger partial charge on any atom is -0.497 e. The highest BCUT2D eigenvalue weighted by Gasteiger charge is 2.40. The maximum Gasteiger partial charge on any atom is 0.319 e. The number of ether oxygens (including phenoxy) is 4. The van der Waals surface area contributed by atoms with Gasteiger partial charge in [0.15, 0.2) is 0 Å².